The normalized spacial score (nSPS) is 21.6. The van der Waals surface area contributed by atoms with Gasteiger partial charge in [-0.3, -0.25) is 4.90 Å². The Morgan fingerprint density at radius 3 is 2.40 bits per heavy atom. The van der Waals surface area contributed by atoms with Crippen LogP contribution in [-0.4, -0.2) is 48.5 Å². The molecule has 1 saturated carbocycles. The maximum absolute atomic E-state index is 15.2. The van der Waals surface area contributed by atoms with Crippen molar-refractivity contribution in [3.63, 3.8) is 0 Å². The molecule has 2 aliphatic rings. The van der Waals surface area contributed by atoms with E-state index in [-0.39, 0.29) is 42.9 Å². The van der Waals surface area contributed by atoms with E-state index < -0.39 is 73.5 Å². The van der Waals surface area contributed by atoms with Crippen molar-refractivity contribution in [2.75, 3.05) is 13.1 Å². The minimum absolute atomic E-state index is 0. The highest BCUT2D eigenvalue weighted by Gasteiger charge is 2.41. The number of rotatable bonds is 7. The molecule has 6 nitrogen and oxygen atoms in total. The Hall–Kier alpha value is -2.90. The number of nitrogens with zero attached hydrogens (tertiary/aromatic N) is 3. The van der Waals surface area contributed by atoms with Crippen LogP contribution in [0, 0.1) is 17.5 Å². The van der Waals surface area contributed by atoms with Gasteiger partial charge >= 0.3 is 6.18 Å². The first-order valence-electron chi connectivity index (χ1n) is 13.2. The van der Waals surface area contributed by atoms with Crippen LogP contribution >= 0.6 is 12.4 Å². The average molecular weight is 636 g/mol. The molecule has 0 spiro atoms. The fourth-order valence-corrected chi connectivity index (χ4v) is 7.11. The van der Waals surface area contributed by atoms with E-state index >= 15 is 8.78 Å². The first kappa shape index (κ1) is 32.0. The number of halogens is 7. The molecule has 2 fully saturated rings. The second kappa shape index (κ2) is 12.8. The molecule has 1 aliphatic heterocycles. The number of hydrogen-bond acceptors (Lipinski definition) is 6. The standard InChI is InChI=1S/C28H27F6N3O3S.ClH/c29-21-14-26(41(38,39)15-18-8-9-35-16-36-18)22(30)13-25(21)40-24-7-6-17(12-23(24)37-10-1-2-11-37)19-4-3-5-20(27(19)31)28(32,33)34;/h3-5,8-9,13-14,16-17,23-24H,1-2,6-7,10-12,15H2;1H/t17-,23-,24-;/m0./s1. The number of likely N-dealkylation sites (tertiary alicyclic amines) is 1. The van der Waals surface area contributed by atoms with E-state index in [9.17, 15) is 26.0 Å². The van der Waals surface area contributed by atoms with Crippen molar-refractivity contribution in [1.82, 2.24) is 14.9 Å². The van der Waals surface area contributed by atoms with Crippen LogP contribution in [0.3, 0.4) is 0 Å². The van der Waals surface area contributed by atoms with E-state index in [2.05, 4.69) is 14.9 Å². The predicted octanol–water partition coefficient (Wildman–Crippen LogP) is 6.49. The number of alkyl halides is 3. The maximum Gasteiger partial charge on any atom is 0.419 e. The summed E-state index contributed by atoms with van der Waals surface area (Å²) in [5.74, 6) is -5.21. The molecule has 3 atom stereocenters. The Labute approximate surface area is 245 Å². The lowest BCUT2D eigenvalue weighted by Crippen LogP contribution is -2.48. The summed E-state index contributed by atoms with van der Waals surface area (Å²) in [6.07, 6.45) is -0.482. The predicted molar refractivity (Wildman–Crippen MR) is 144 cm³/mol. The van der Waals surface area contributed by atoms with Gasteiger partial charge in [0, 0.05) is 18.3 Å². The van der Waals surface area contributed by atoms with E-state index in [0.29, 0.717) is 31.3 Å². The van der Waals surface area contributed by atoms with Gasteiger partial charge in [-0.2, -0.15) is 13.2 Å². The van der Waals surface area contributed by atoms with E-state index in [1.165, 1.54) is 24.4 Å². The van der Waals surface area contributed by atoms with Crippen molar-refractivity contribution in [2.24, 2.45) is 0 Å². The molecule has 14 heteroatoms. The number of aromatic nitrogens is 2. The van der Waals surface area contributed by atoms with Crippen molar-refractivity contribution in [3.8, 4) is 5.75 Å². The third kappa shape index (κ3) is 6.84. The zero-order valence-corrected chi connectivity index (χ0v) is 23.8. The molecule has 0 radical (unpaired) electrons. The summed E-state index contributed by atoms with van der Waals surface area (Å²) in [6, 6.07) is 5.48. The summed E-state index contributed by atoms with van der Waals surface area (Å²) in [5.41, 5.74) is -1.24. The summed E-state index contributed by atoms with van der Waals surface area (Å²) in [4.78, 5) is 8.76. The van der Waals surface area contributed by atoms with Gasteiger partial charge in [-0.1, -0.05) is 12.1 Å². The van der Waals surface area contributed by atoms with Gasteiger partial charge in [-0.05, 0) is 74.9 Å². The Kier molecular flexibility index (Phi) is 9.73. The molecule has 2 heterocycles. The SMILES string of the molecule is Cl.O=S(=O)(Cc1ccncn1)c1cc(F)c(O[C@H]2CC[C@H](c3cccc(C(F)(F)F)c3F)C[C@@H]2N2CCCC2)cc1F. The van der Waals surface area contributed by atoms with E-state index in [1.807, 2.05) is 0 Å². The molecule has 0 N–H and O–H groups in total. The maximum atomic E-state index is 15.2. The first-order valence-corrected chi connectivity index (χ1v) is 14.8. The molecular weight excluding hydrogens is 608 g/mol. The van der Waals surface area contributed by atoms with Crippen LogP contribution in [0.1, 0.15) is 54.8 Å². The average Bonchev–Trinajstić information content (AvgIpc) is 3.45. The highest BCUT2D eigenvalue weighted by Crippen LogP contribution is 2.42. The van der Waals surface area contributed by atoms with Crippen LogP contribution in [0.2, 0.25) is 0 Å². The lowest BCUT2D eigenvalue weighted by atomic mass is 9.78. The van der Waals surface area contributed by atoms with Gasteiger partial charge < -0.3 is 4.74 Å². The molecule has 1 aromatic heterocycles. The fourth-order valence-electron chi connectivity index (χ4n) is 5.76. The fraction of sp³-hybridized carbons (Fsp3) is 0.429. The molecular formula is C28H28ClF6N3O3S. The van der Waals surface area contributed by atoms with Crippen LogP contribution in [-0.2, 0) is 21.8 Å². The second-order valence-corrected chi connectivity index (χ2v) is 12.3. The van der Waals surface area contributed by atoms with Crippen LogP contribution in [0.5, 0.6) is 5.75 Å². The van der Waals surface area contributed by atoms with Crippen molar-refractivity contribution in [2.45, 2.75) is 67.0 Å². The lowest BCUT2D eigenvalue weighted by Gasteiger charge is -2.41. The smallest absolute Gasteiger partial charge is 0.419 e. The zero-order valence-electron chi connectivity index (χ0n) is 22.2. The molecule has 0 bridgehead atoms. The topological polar surface area (TPSA) is 72.4 Å². The summed E-state index contributed by atoms with van der Waals surface area (Å²) in [5, 5.41) is 0. The Bertz CT molecular complexity index is 1500. The molecule has 0 unspecified atom stereocenters. The third-order valence-electron chi connectivity index (χ3n) is 7.72. The minimum atomic E-state index is -4.83. The summed E-state index contributed by atoms with van der Waals surface area (Å²) in [6.45, 7) is 1.36. The summed E-state index contributed by atoms with van der Waals surface area (Å²) < 4.78 is 117. The number of benzene rings is 2. The van der Waals surface area contributed by atoms with Crippen LogP contribution in [0.4, 0.5) is 26.3 Å². The van der Waals surface area contributed by atoms with E-state index in [4.69, 9.17) is 4.74 Å². The van der Waals surface area contributed by atoms with E-state index in [1.54, 1.807) is 0 Å². The summed E-state index contributed by atoms with van der Waals surface area (Å²) in [7, 11) is -4.28. The molecule has 5 rings (SSSR count). The largest absolute Gasteiger partial charge is 0.486 e. The lowest BCUT2D eigenvalue weighted by molar-refractivity contribution is -0.140. The molecule has 1 saturated heterocycles. The molecule has 42 heavy (non-hydrogen) atoms. The minimum Gasteiger partial charge on any atom is -0.486 e. The molecule has 228 valence electrons. The van der Waals surface area contributed by atoms with Gasteiger partial charge in [0.25, 0.3) is 0 Å². The number of ether oxygens (including phenoxy) is 1. The molecule has 2 aromatic carbocycles. The first-order chi connectivity index (χ1) is 19.4. The van der Waals surface area contributed by atoms with Gasteiger partial charge in [0.15, 0.2) is 21.4 Å². The second-order valence-electron chi connectivity index (χ2n) is 10.4. The van der Waals surface area contributed by atoms with Gasteiger partial charge in [0.1, 0.15) is 29.0 Å². The number of sulfone groups is 1. The van der Waals surface area contributed by atoms with Crippen LogP contribution in [0.15, 0.2) is 53.8 Å². The molecule has 3 aromatic rings. The third-order valence-corrected chi connectivity index (χ3v) is 9.38. The Balaban J connectivity index is 0.00000405. The van der Waals surface area contributed by atoms with Crippen LogP contribution in [0.25, 0.3) is 0 Å². The highest BCUT2D eigenvalue weighted by molar-refractivity contribution is 7.90. The highest BCUT2D eigenvalue weighted by atomic mass is 35.5. The summed E-state index contributed by atoms with van der Waals surface area (Å²) >= 11 is 0. The monoisotopic (exact) mass is 635 g/mol. The quantitative estimate of drug-likeness (QED) is 0.277. The van der Waals surface area contributed by atoms with Gasteiger partial charge in [0.2, 0.25) is 0 Å². The van der Waals surface area contributed by atoms with Crippen molar-refractivity contribution < 1.29 is 39.5 Å². The van der Waals surface area contributed by atoms with Gasteiger partial charge in [0.05, 0.1) is 17.0 Å². The molecule has 0 amide bonds. The van der Waals surface area contributed by atoms with Crippen molar-refractivity contribution >= 4 is 22.2 Å². The van der Waals surface area contributed by atoms with Gasteiger partial charge in [-0.15, -0.1) is 12.4 Å². The number of hydrogen-bond donors (Lipinski definition) is 0. The van der Waals surface area contributed by atoms with Gasteiger partial charge in [-0.25, -0.2) is 31.6 Å². The van der Waals surface area contributed by atoms with Crippen molar-refractivity contribution in [1.29, 1.82) is 0 Å². The van der Waals surface area contributed by atoms with Crippen LogP contribution < -0.4 is 4.74 Å². The zero-order chi connectivity index (χ0) is 29.4. The van der Waals surface area contributed by atoms with E-state index in [0.717, 1.165) is 19.2 Å². The Morgan fingerprint density at radius 2 is 1.74 bits per heavy atom. The molecule has 1 aliphatic carbocycles. The van der Waals surface area contributed by atoms with Crippen molar-refractivity contribution in [3.05, 3.63) is 83.2 Å². The Morgan fingerprint density at radius 1 is 1.00 bits per heavy atom.